The van der Waals surface area contributed by atoms with Gasteiger partial charge in [0.05, 0.1) is 6.20 Å². The molecule has 0 radical (unpaired) electrons. The molecule has 0 aliphatic carbocycles. The summed E-state index contributed by atoms with van der Waals surface area (Å²) >= 11 is 6.06. The zero-order valence-electron chi connectivity index (χ0n) is 10.1. The Bertz CT molecular complexity index is 529. The van der Waals surface area contributed by atoms with E-state index in [-0.39, 0.29) is 0 Å². The van der Waals surface area contributed by atoms with Crippen LogP contribution in [0.5, 0.6) is 0 Å². The molecule has 18 heavy (non-hydrogen) atoms. The summed E-state index contributed by atoms with van der Waals surface area (Å²) in [6.07, 6.45) is 4.33. The van der Waals surface area contributed by atoms with Gasteiger partial charge in [0.15, 0.2) is 0 Å². The van der Waals surface area contributed by atoms with Crippen molar-refractivity contribution in [2.45, 2.75) is 18.8 Å². The smallest absolute Gasteiger partial charge is 0.0568 e. The van der Waals surface area contributed by atoms with Crippen molar-refractivity contribution in [1.29, 1.82) is 0 Å². The van der Waals surface area contributed by atoms with Crippen LogP contribution in [-0.2, 0) is 0 Å². The standard InChI is InChI=1S/C14H16ClN3/c15-12-5-1-3-10(7-12)13-9-17-18-14(13)11-4-2-6-16-8-11/h1,3,5,7,9,11,16H,2,4,6,8H2,(H,17,18). The van der Waals surface area contributed by atoms with Gasteiger partial charge in [-0.25, -0.2) is 0 Å². The summed E-state index contributed by atoms with van der Waals surface area (Å²) in [5, 5.41) is 11.6. The normalized spacial score (nSPS) is 19.9. The largest absolute Gasteiger partial charge is 0.316 e. The van der Waals surface area contributed by atoms with Crippen LogP contribution < -0.4 is 5.32 Å². The SMILES string of the molecule is Clc1cccc(-c2cn[nH]c2C2CCCNC2)c1. The van der Waals surface area contributed by atoms with Crippen molar-refractivity contribution in [2.24, 2.45) is 0 Å². The van der Waals surface area contributed by atoms with Crippen molar-refractivity contribution in [2.75, 3.05) is 13.1 Å². The average Bonchev–Trinajstić information content (AvgIpc) is 2.89. The first-order valence-electron chi connectivity index (χ1n) is 6.34. The Morgan fingerprint density at radius 1 is 1.33 bits per heavy atom. The van der Waals surface area contributed by atoms with Gasteiger partial charge in [-0.15, -0.1) is 0 Å². The second-order valence-electron chi connectivity index (χ2n) is 4.75. The number of hydrogen-bond donors (Lipinski definition) is 2. The van der Waals surface area contributed by atoms with Crippen molar-refractivity contribution in [3.8, 4) is 11.1 Å². The molecular weight excluding hydrogens is 246 g/mol. The van der Waals surface area contributed by atoms with Gasteiger partial charge in [-0.2, -0.15) is 5.10 Å². The van der Waals surface area contributed by atoms with Gasteiger partial charge in [-0.05, 0) is 37.1 Å². The van der Waals surface area contributed by atoms with Crippen LogP contribution in [0.15, 0.2) is 30.5 Å². The lowest BCUT2D eigenvalue weighted by Crippen LogP contribution is -2.28. The molecule has 1 fully saturated rings. The van der Waals surface area contributed by atoms with Crippen molar-refractivity contribution >= 4 is 11.6 Å². The molecule has 1 unspecified atom stereocenters. The molecule has 0 amide bonds. The van der Waals surface area contributed by atoms with Crippen molar-refractivity contribution in [3.05, 3.63) is 41.2 Å². The molecular formula is C14H16ClN3. The number of aromatic nitrogens is 2. The van der Waals surface area contributed by atoms with Gasteiger partial charge >= 0.3 is 0 Å². The molecule has 1 aromatic heterocycles. The van der Waals surface area contributed by atoms with E-state index < -0.39 is 0 Å². The Labute approximate surface area is 112 Å². The number of hydrogen-bond acceptors (Lipinski definition) is 2. The van der Waals surface area contributed by atoms with Crippen LogP contribution in [0.25, 0.3) is 11.1 Å². The van der Waals surface area contributed by atoms with Crippen molar-refractivity contribution < 1.29 is 0 Å². The predicted molar refractivity (Wildman–Crippen MR) is 73.9 cm³/mol. The summed E-state index contributed by atoms with van der Waals surface area (Å²) < 4.78 is 0. The quantitative estimate of drug-likeness (QED) is 0.872. The van der Waals surface area contributed by atoms with Gasteiger partial charge in [0.25, 0.3) is 0 Å². The first-order valence-corrected chi connectivity index (χ1v) is 6.72. The highest BCUT2D eigenvalue weighted by atomic mass is 35.5. The number of halogens is 1. The molecule has 1 aliphatic heterocycles. The van der Waals surface area contributed by atoms with E-state index >= 15 is 0 Å². The minimum atomic E-state index is 0.523. The summed E-state index contributed by atoms with van der Waals surface area (Å²) in [6, 6.07) is 7.95. The number of H-pyrrole nitrogens is 1. The zero-order chi connectivity index (χ0) is 12.4. The Morgan fingerprint density at radius 2 is 2.28 bits per heavy atom. The minimum absolute atomic E-state index is 0.523. The maximum Gasteiger partial charge on any atom is 0.0568 e. The zero-order valence-corrected chi connectivity index (χ0v) is 10.9. The Morgan fingerprint density at radius 3 is 3.06 bits per heavy atom. The number of rotatable bonds is 2. The molecule has 0 bridgehead atoms. The molecule has 4 heteroatoms. The van der Waals surface area contributed by atoms with Crippen LogP contribution in [0.4, 0.5) is 0 Å². The molecule has 3 nitrogen and oxygen atoms in total. The van der Waals surface area contributed by atoms with Gasteiger partial charge in [0, 0.05) is 28.7 Å². The van der Waals surface area contributed by atoms with E-state index in [1.165, 1.54) is 24.1 Å². The van der Waals surface area contributed by atoms with Gasteiger partial charge < -0.3 is 5.32 Å². The summed E-state index contributed by atoms with van der Waals surface area (Å²) in [6.45, 7) is 2.15. The second-order valence-corrected chi connectivity index (χ2v) is 5.19. The first-order chi connectivity index (χ1) is 8.84. The first kappa shape index (κ1) is 11.8. The van der Waals surface area contributed by atoms with E-state index in [2.05, 4.69) is 21.6 Å². The molecule has 3 rings (SSSR count). The number of nitrogens with one attached hydrogen (secondary N) is 2. The average molecular weight is 262 g/mol. The Hall–Kier alpha value is -1.32. The fourth-order valence-corrected chi connectivity index (χ4v) is 2.78. The number of piperidine rings is 1. The molecule has 1 aliphatic rings. The van der Waals surface area contributed by atoms with E-state index in [1.807, 2.05) is 24.4 Å². The van der Waals surface area contributed by atoms with E-state index in [4.69, 9.17) is 11.6 Å². The van der Waals surface area contributed by atoms with Crippen LogP contribution in [0.2, 0.25) is 5.02 Å². The molecule has 0 saturated carbocycles. The molecule has 2 heterocycles. The molecule has 2 N–H and O–H groups in total. The maximum absolute atomic E-state index is 6.06. The minimum Gasteiger partial charge on any atom is -0.316 e. The maximum atomic E-state index is 6.06. The van der Waals surface area contributed by atoms with E-state index in [9.17, 15) is 0 Å². The predicted octanol–water partition coefficient (Wildman–Crippen LogP) is 3.20. The molecule has 0 spiro atoms. The number of nitrogens with zero attached hydrogens (tertiary/aromatic N) is 1. The molecule has 1 atom stereocenters. The lowest BCUT2D eigenvalue weighted by molar-refractivity contribution is 0.455. The van der Waals surface area contributed by atoms with Gasteiger partial charge in [0.2, 0.25) is 0 Å². The molecule has 94 valence electrons. The lowest BCUT2D eigenvalue weighted by atomic mass is 9.91. The third-order valence-corrected chi connectivity index (χ3v) is 3.74. The van der Waals surface area contributed by atoms with Crippen LogP contribution in [-0.4, -0.2) is 23.3 Å². The molecule has 1 saturated heterocycles. The number of benzene rings is 1. The summed E-state index contributed by atoms with van der Waals surface area (Å²) in [7, 11) is 0. The van der Waals surface area contributed by atoms with E-state index in [0.717, 1.165) is 23.7 Å². The highest BCUT2D eigenvalue weighted by Gasteiger charge is 2.20. The molecule has 1 aromatic carbocycles. The van der Waals surface area contributed by atoms with Crippen LogP contribution in [0, 0.1) is 0 Å². The van der Waals surface area contributed by atoms with E-state index in [1.54, 1.807) is 0 Å². The van der Waals surface area contributed by atoms with Crippen LogP contribution in [0.3, 0.4) is 0 Å². The van der Waals surface area contributed by atoms with Gasteiger partial charge in [-0.1, -0.05) is 23.7 Å². The molecule has 2 aromatic rings. The third kappa shape index (κ3) is 2.28. The summed E-state index contributed by atoms with van der Waals surface area (Å²) in [5.74, 6) is 0.523. The third-order valence-electron chi connectivity index (χ3n) is 3.51. The van der Waals surface area contributed by atoms with Gasteiger partial charge in [0.1, 0.15) is 0 Å². The van der Waals surface area contributed by atoms with Crippen LogP contribution in [0.1, 0.15) is 24.5 Å². The highest BCUT2D eigenvalue weighted by molar-refractivity contribution is 6.30. The lowest BCUT2D eigenvalue weighted by Gasteiger charge is -2.22. The number of aromatic amines is 1. The second kappa shape index (κ2) is 5.12. The summed E-state index contributed by atoms with van der Waals surface area (Å²) in [5.41, 5.74) is 3.53. The summed E-state index contributed by atoms with van der Waals surface area (Å²) in [4.78, 5) is 0. The highest BCUT2D eigenvalue weighted by Crippen LogP contribution is 2.31. The Kier molecular flexibility index (Phi) is 3.35. The van der Waals surface area contributed by atoms with Crippen LogP contribution >= 0.6 is 11.6 Å². The fraction of sp³-hybridized carbons (Fsp3) is 0.357. The fourth-order valence-electron chi connectivity index (χ4n) is 2.59. The monoisotopic (exact) mass is 261 g/mol. The van der Waals surface area contributed by atoms with Crippen molar-refractivity contribution in [3.63, 3.8) is 0 Å². The van der Waals surface area contributed by atoms with Gasteiger partial charge in [-0.3, -0.25) is 5.10 Å². The topological polar surface area (TPSA) is 40.7 Å². The Balaban J connectivity index is 1.95. The van der Waals surface area contributed by atoms with E-state index in [0.29, 0.717) is 5.92 Å². The van der Waals surface area contributed by atoms with Crippen molar-refractivity contribution in [1.82, 2.24) is 15.5 Å².